The number of para-hydroxylation sites is 1. The molecule has 1 aliphatic rings. The average Bonchev–Trinajstić information content (AvgIpc) is 3.26. The lowest BCUT2D eigenvalue weighted by Crippen LogP contribution is -2.24. The van der Waals surface area contributed by atoms with Crippen molar-refractivity contribution >= 4 is 33.1 Å². The molecular weight excluding hydrogens is 402 g/mol. The van der Waals surface area contributed by atoms with Gasteiger partial charge < -0.3 is 9.88 Å². The fourth-order valence-electron chi connectivity index (χ4n) is 5.20. The van der Waals surface area contributed by atoms with Crippen LogP contribution in [-0.4, -0.2) is 16.5 Å². The Bertz CT molecular complexity index is 1540. The minimum absolute atomic E-state index is 0.106. The van der Waals surface area contributed by atoms with Crippen molar-refractivity contribution in [1.82, 2.24) is 9.97 Å². The van der Waals surface area contributed by atoms with Gasteiger partial charge in [-0.15, -0.1) is 0 Å². The molecule has 1 atom stereocenters. The second kappa shape index (κ2) is 7.63. The molecule has 33 heavy (non-hydrogen) atoms. The van der Waals surface area contributed by atoms with Crippen LogP contribution in [0, 0.1) is 13.8 Å². The van der Waals surface area contributed by atoms with E-state index in [9.17, 15) is 0 Å². The molecule has 0 radical (unpaired) electrons. The molecule has 162 valence electrons. The number of allylic oxidation sites excluding steroid dienone is 1. The first-order chi connectivity index (χ1) is 16.1. The number of nitrogens with one attached hydrogen (secondary N) is 1. The van der Waals surface area contributed by atoms with Crippen molar-refractivity contribution in [2.45, 2.75) is 26.7 Å². The van der Waals surface area contributed by atoms with Crippen LogP contribution in [-0.2, 0) is 0 Å². The highest BCUT2D eigenvalue weighted by atomic mass is 15.1. The molecule has 1 aliphatic heterocycles. The Hall–Kier alpha value is -3.85. The summed E-state index contributed by atoms with van der Waals surface area (Å²) >= 11 is 0. The number of H-pyrrole nitrogens is 1. The molecule has 0 unspecified atom stereocenters. The molecule has 6 rings (SSSR count). The highest BCUT2D eigenvalue weighted by molar-refractivity contribution is 5.92. The zero-order valence-electron chi connectivity index (χ0n) is 19.3. The number of hydrogen-bond acceptors (Lipinski definition) is 2. The van der Waals surface area contributed by atoms with Gasteiger partial charge in [0.1, 0.15) is 0 Å². The molecule has 3 aromatic carbocycles. The lowest BCUT2D eigenvalue weighted by Gasteiger charge is -2.34. The summed E-state index contributed by atoms with van der Waals surface area (Å²) in [6.07, 6.45) is 4.49. The summed E-state index contributed by atoms with van der Waals surface area (Å²) in [5, 5.41) is 2.45. The van der Waals surface area contributed by atoms with Crippen LogP contribution in [0.3, 0.4) is 0 Å². The van der Waals surface area contributed by atoms with Crippen LogP contribution in [0.1, 0.15) is 40.8 Å². The number of aromatic amines is 1. The summed E-state index contributed by atoms with van der Waals surface area (Å²) in [5.74, 6) is 0.106. The van der Waals surface area contributed by atoms with E-state index in [4.69, 9.17) is 4.98 Å². The van der Waals surface area contributed by atoms with Gasteiger partial charge in [-0.05, 0) is 62.2 Å². The highest BCUT2D eigenvalue weighted by Crippen LogP contribution is 2.47. The third kappa shape index (κ3) is 3.23. The van der Waals surface area contributed by atoms with E-state index in [2.05, 4.69) is 116 Å². The third-order valence-corrected chi connectivity index (χ3v) is 6.82. The van der Waals surface area contributed by atoms with E-state index >= 15 is 0 Å². The molecular formula is C30H27N3. The van der Waals surface area contributed by atoms with Gasteiger partial charge in [-0.2, -0.15) is 0 Å². The highest BCUT2D eigenvalue weighted by Gasteiger charge is 2.31. The molecule has 0 fully saturated rings. The number of anilines is 1. The van der Waals surface area contributed by atoms with Gasteiger partial charge in [-0.3, -0.25) is 0 Å². The maximum atomic E-state index is 5.14. The molecule has 0 bridgehead atoms. The number of fused-ring (bicyclic) bond motifs is 3. The van der Waals surface area contributed by atoms with E-state index in [1.54, 1.807) is 0 Å². The first kappa shape index (κ1) is 19.8. The van der Waals surface area contributed by atoms with Crippen LogP contribution >= 0.6 is 0 Å². The first-order valence-corrected chi connectivity index (χ1v) is 11.6. The molecule has 3 heteroatoms. The number of rotatable bonds is 3. The number of pyridine rings is 1. The lowest BCUT2D eigenvalue weighted by atomic mass is 9.79. The Morgan fingerprint density at radius 2 is 1.70 bits per heavy atom. The van der Waals surface area contributed by atoms with Crippen molar-refractivity contribution in [3.63, 3.8) is 0 Å². The maximum absolute atomic E-state index is 5.14. The van der Waals surface area contributed by atoms with Crippen LogP contribution in [0.4, 0.5) is 5.69 Å². The van der Waals surface area contributed by atoms with Crippen molar-refractivity contribution in [3.05, 3.63) is 113 Å². The summed E-state index contributed by atoms with van der Waals surface area (Å²) in [5.41, 5.74) is 10.9. The van der Waals surface area contributed by atoms with E-state index in [0.29, 0.717) is 0 Å². The van der Waals surface area contributed by atoms with Crippen molar-refractivity contribution in [2.24, 2.45) is 0 Å². The maximum Gasteiger partial charge on any atom is 0.0709 e. The predicted molar refractivity (Wildman–Crippen MR) is 139 cm³/mol. The number of nitrogens with zero attached hydrogens (tertiary/aromatic N) is 2. The van der Waals surface area contributed by atoms with Crippen LogP contribution in [0.5, 0.6) is 0 Å². The van der Waals surface area contributed by atoms with E-state index < -0.39 is 0 Å². The standard InChI is InChI=1S/C30H27N3/c1-4-33-18-25(28-13-11-21-15-19(2)9-12-26(21)32-28)30(23-16-20(3)10-14-29(23)33)24-17-31-27-8-6-5-7-22(24)27/h5-18,30-31H,4H2,1-3H3/t30-/m1/s1. The minimum atomic E-state index is 0.106. The molecule has 0 saturated heterocycles. The zero-order valence-corrected chi connectivity index (χ0v) is 19.3. The summed E-state index contributed by atoms with van der Waals surface area (Å²) in [6.45, 7) is 7.42. The number of aryl methyl sites for hydroxylation is 2. The van der Waals surface area contributed by atoms with Gasteiger partial charge in [-0.25, -0.2) is 4.98 Å². The molecule has 5 aromatic rings. The fourth-order valence-corrected chi connectivity index (χ4v) is 5.20. The molecule has 0 aliphatic carbocycles. The van der Waals surface area contributed by atoms with Gasteiger partial charge in [0.15, 0.2) is 0 Å². The number of hydrogen-bond donors (Lipinski definition) is 1. The average molecular weight is 430 g/mol. The summed E-state index contributed by atoms with van der Waals surface area (Å²) < 4.78 is 0. The first-order valence-electron chi connectivity index (χ1n) is 11.6. The Morgan fingerprint density at radius 1 is 0.879 bits per heavy atom. The topological polar surface area (TPSA) is 31.9 Å². The van der Waals surface area contributed by atoms with Gasteiger partial charge >= 0.3 is 0 Å². The molecule has 0 spiro atoms. The van der Waals surface area contributed by atoms with Crippen LogP contribution < -0.4 is 4.90 Å². The monoisotopic (exact) mass is 429 g/mol. The largest absolute Gasteiger partial charge is 0.361 e. The molecule has 3 heterocycles. The smallest absolute Gasteiger partial charge is 0.0709 e. The molecule has 0 saturated carbocycles. The van der Waals surface area contributed by atoms with E-state index in [-0.39, 0.29) is 5.92 Å². The molecule has 2 aromatic heterocycles. The van der Waals surface area contributed by atoms with Gasteiger partial charge in [-0.1, -0.05) is 53.6 Å². The van der Waals surface area contributed by atoms with Crippen molar-refractivity contribution in [1.29, 1.82) is 0 Å². The van der Waals surface area contributed by atoms with E-state index in [1.807, 2.05) is 0 Å². The Morgan fingerprint density at radius 3 is 2.58 bits per heavy atom. The van der Waals surface area contributed by atoms with Gasteiger partial charge in [0.25, 0.3) is 0 Å². The Balaban J connectivity index is 1.62. The Labute approximate surface area is 194 Å². The molecule has 3 nitrogen and oxygen atoms in total. The number of benzene rings is 3. The third-order valence-electron chi connectivity index (χ3n) is 6.82. The molecule has 0 amide bonds. The fraction of sp³-hybridized carbons (Fsp3) is 0.167. The Kier molecular flexibility index (Phi) is 4.58. The summed E-state index contributed by atoms with van der Waals surface area (Å²) in [6, 6.07) is 26.3. The van der Waals surface area contributed by atoms with E-state index in [1.165, 1.54) is 49.8 Å². The normalized spacial score (nSPS) is 15.7. The van der Waals surface area contributed by atoms with Gasteiger partial charge in [0.2, 0.25) is 0 Å². The number of aromatic nitrogens is 2. The van der Waals surface area contributed by atoms with Crippen LogP contribution in [0.2, 0.25) is 0 Å². The second-order valence-corrected chi connectivity index (χ2v) is 9.05. The van der Waals surface area contributed by atoms with Crippen molar-refractivity contribution < 1.29 is 0 Å². The SMILES string of the molecule is CCN1C=C(c2ccc3cc(C)ccc3n2)[C@@H](c2c[nH]c3ccccc23)c2cc(C)ccc21. The summed E-state index contributed by atoms with van der Waals surface area (Å²) in [4.78, 5) is 11.0. The van der Waals surface area contributed by atoms with Crippen LogP contribution in [0.25, 0.3) is 27.4 Å². The van der Waals surface area contributed by atoms with Gasteiger partial charge in [0.05, 0.1) is 11.2 Å². The van der Waals surface area contributed by atoms with Gasteiger partial charge in [0, 0.05) is 52.4 Å². The second-order valence-electron chi connectivity index (χ2n) is 9.05. The lowest BCUT2D eigenvalue weighted by molar-refractivity contribution is 0.928. The van der Waals surface area contributed by atoms with Crippen molar-refractivity contribution in [2.75, 3.05) is 11.4 Å². The minimum Gasteiger partial charge on any atom is -0.361 e. The predicted octanol–water partition coefficient (Wildman–Crippen LogP) is 7.35. The van der Waals surface area contributed by atoms with Crippen molar-refractivity contribution in [3.8, 4) is 0 Å². The molecule has 1 N–H and O–H groups in total. The summed E-state index contributed by atoms with van der Waals surface area (Å²) in [7, 11) is 0. The van der Waals surface area contributed by atoms with Crippen LogP contribution in [0.15, 0.2) is 85.2 Å². The zero-order chi connectivity index (χ0) is 22.5. The van der Waals surface area contributed by atoms with E-state index in [0.717, 1.165) is 17.8 Å². The quantitative estimate of drug-likeness (QED) is 0.325.